The van der Waals surface area contributed by atoms with E-state index in [1.54, 1.807) is 11.3 Å². The van der Waals surface area contributed by atoms with E-state index in [1.165, 1.54) is 34.7 Å². The summed E-state index contributed by atoms with van der Waals surface area (Å²) in [4.78, 5) is 9.64. The van der Waals surface area contributed by atoms with Crippen LogP contribution >= 0.6 is 11.3 Å². The molecule has 4 rings (SSSR count). The van der Waals surface area contributed by atoms with E-state index in [2.05, 4.69) is 59.8 Å². The van der Waals surface area contributed by atoms with Crippen LogP contribution in [0.3, 0.4) is 0 Å². The van der Waals surface area contributed by atoms with Crippen molar-refractivity contribution >= 4 is 22.7 Å². The van der Waals surface area contributed by atoms with Gasteiger partial charge in [-0.2, -0.15) is 0 Å². The van der Waals surface area contributed by atoms with Crippen molar-refractivity contribution in [1.29, 1.82) is 0 Å². The summed E-state index contributed by atoms with van der Waals surface area (Å²) in [5.41, 5.74) is 12.7. The van der Waals surface area contributed by atoms with Gasteiger partial charge < -0.3 is 10.6 Å². The summed E-state index contributed by atoms with van der Waals surface area (Å²) in [7, 11) is 4.12. The molecule has 1 aliphatic carbocycles. The molecule has 2 aliphatic rings. The summed E-state index contributed by atoms with van der Waals surface area (Å²) in [6, 6.07) is 10.7. The molecule has 0 bridgehead atoms. The highest BCUT2D eigenvalue weighted by Crippen LogP contribution is 2.45. The molecule has 2 heterocycles. The number of hydroxylamine groups is 1. The molecule has 0 radical (unpaired) electrons. The Kier molecular flexibility index (Phi) is 4.54. The first-order valence-electron chi connectivity index (χ1n) is 8.89. The largest absolute Gasteiger partial charge is 0.378 e. The molecule has 1 aromatic heterocycles. The lowest BCUT2D eigenvalue weighted by Gasteiger charge is -2.39. The molecule has 132 valence electrons. The Morgan fingerprint density at radius 2 is 2.08 bits per heavy atom. The first kappa shape index (κ1) is 16.6. The van der Waals surface area contributed by atoms with Crippen molar-refractivity contribution in [3.05, 3.63) is 57.4 Å². The molecule has 0 saturated heterocycles. The van der Waals surface area contributed by atoms with Crippen LogP contribution in [-0.4, -0.2) is 14.1 Å². The quantitative estimate of drug-likeness (QED) is 0.871. The van der Waals surface area contributed by atoms with E-state index in [1.807, 2.05) is 0 Å². The normalized spacial score (nSPS) is 19.6. The molecule has 1 aliphatic heterocycles. The van der Waals surface area contributed by atoms with Gasteiger partial charge in [0.05, 0.1) is 11.7 Å². The predicted molar refractivity (Wildman–Crippen MR) is 105 cm³/mol. The van der Waals surface area contributed by atoms with Crippen LogP contribution in [0.2, 0.25) is 0 Å². The molecule has 0 spiro atoms. The Morgan fingerprint density at radius 1 is 1.24 bits per heavy atom. The maximum Gasteiger partial charge on any atom is 0.110 e. The summed E-state index contributed by atoms with van der Waals surface area (Å²) >= 11 is 1.73. The maximum absolute atomic E-state index is 6.67. The van der Waals surface area contributed by atoms with E-state index in [-0.39, 0.29) is 6.04 Å². The van der Waals surface area contributed by atoms with Crippen molar-refractivity contribution in [1.82, 2.24) is 0 Å². The molecule has 2 N–H and O–H groups in total. The first-order chi connectivity index (χ1) is 12.1. The van der Waals surface area contributed by atoms with Crippen molar-refractivity contribution in [3.63, 3.8) is 0 Å². The standard InChI is InChI=1S/C20H25N3OS/c1-22(2)14-9-10-19-17(12-14)20(21)16-7-3-4-8-18(16)23(19)24-13-15-6-5-11-25-15/h5-6,9-12,20H,3-4,7-8,13,21H2,1-2H3. The van der Waals surface area contributed by atoms with Gasteiger partial charge in [-0.3, -0.25) is 4.84 Å². The van der Waals surface area contributed by atoms with Crippen molar-refractivity contribution in [2.45, 2.75) is 38.3 Å². The number of nitrogens with zero attached hydrogens (tertiary/aromatic N) is 2. The zero-order valence-electron chi connectivity index (χ0n) is 14.9. The minimum absolute atomic E-state index is 0.0215. The molecular weight excluding hydrogens is 330 g/mol. The van der Waals surface area contributed by atoms with Crippen LogP contribution in [0.5, 0.6) is 0 Å². The van der Waals surface area contributed by atoms with Gasteiger partial charge in [-0.25, -0.2) is 5.06 Å². The maximum atomic E-state index is 6.67. The van der Waals surface area contributed by atoms with Gasteiger partial charge in [-0.05, 0) is 60.9 Å². The topological polar surface area (TPSA) is 41.7 Å². The second-order valence-electron chi connectivity index (χ2n) is 6.94. The molecular formula is C20H25N3OS. The SMILES string of the molecule is CN(C)c1ccc2c(c1)C(N)C1=C(CCCC1)N2OCc1cccs1. The molecule has 2 aromatic rings. The van der Waals surface area contributed by atoms with E-state index in [0.717, 1.165) is 24.1 Å². The highest BCUT2D eigenvalue weighted by molar-refractivity contribution is 7.09. The van der Waals surface area contributed by atoms with Crippen LogP contribution in [0.4, 0.5) is 11.4 Å². The third-order valence-corrected chi connectivity index (χ3v) is 5.95. The number of nitrogens with two attached hydrogens (primary N) is 1. The summed E-state index contributed by atoms with van der Waals surface area (Å²) in [6.07, 6.45) is 4.53. The van der Waals surface area contributed by atoms with E-state index in [4.69, 9.17) is 10.6 Å². The molecule has 1 atom stereocenters. The monoisotopic (exact) mass is 355 g/mol. The third kappa shape index (κ3) is 3.08. The number of fused-ring (bicyclic) bond motifs is 1. The molecule has 4 nitrogen and oxygen atoms in total. The average molecular weight is 356 g/mol. The predicted octanol–water partition coefficient (Wildman–Crippen LogP) is 4.59. The van der Waals surface area contributed by atoms with Gasteiger partial charge in [0.2, 0.25) is 0 Å². The van der Waals surface area contributed by atoms with E-state index >= 15 is 0 Å². The average Bonchev–Trinajstić information content (AvgIpc) is 3.15. The van der Waals surface area contributed by atoms with Gasteiger partial charge in [-0.1, -0.05) is 6.07 Å². The van der Waals surface area contributed by atoms with Crippen molar-refractivity contribution < 1.29 is 4.84 Å². The van der Waals surface area contributed by atoms with Crippen LogP contribution in [-0.2, 0) is 11.4 Å². The third-order valence-electron chi connectivity index (χ3n) is 5.10. The van der Waals surface area contributed by atoms with E-state index in [0.29, 0.717) is 6.61 Å². The molecule has 1 aromatic carbocycles. The van der Waals surface area contributed by atoms with Gasteiger partial charge in [0.15, 0.2) is 0 Å². The molecule has 1 unspecified atom stereocenters. The van der Waals surface area contributed by atoms with Gasteiger partial charge in [0.1, 0.15) is 6.61 Å². The van der Waals surface area contributed by atoms with Crippen LogP contribution in [0.1, 0.15) is 42.2 Å². The Labute approximate surface area is 153 Å². The number of anilines is 2. The van der Waals surface area contributed by atoms with E-state index in [9.17, 15) is 0 Å². The Balaban J connectivity index is 1.72. The fourth-order valence-corrected chi connectivity index (χ4v) is 4.35. The minimum Gasteiger partial charge on any atom is -0.378 e. The van der Waals surface area contributed by atoms with E-state index < -0.39 is 0 Å². The van der Waals surface area contributed by atoms with Crippen LogP contribution in [0, 0.1) is 0 Å². The number of hydrogen-bond donors (Lipinski definition) is 1. The van der Waals surface area contributed by atoms with Crippen molar-refractivity contribution in [3.8, 4) is 0 Å². The van der Waals surface area contributed by atoms with Gasteiger partial charge >= 0.3 is 0 Å². The molecule has 5 heteroatoms. The number of hydrogen-bond acceptors (Lipinski definition) is 5. The van der Waals surface area contributed by atoms with Crippen LogP contribution in [0.25, 0.3) is 0 Å². The zero-order chi connectivity index (χ0) is 17.4. The summed E-state index contributed by atoms with van der Waals surface area (Å²) in [5, 5.41) is 4.15. The number of rotatable bonds is 4. The van der Waals surface area contributed by atoms with Gasteiger partial charge in [0, 0.05) is 35.9 Å². The molecule has 0 fully saturated rings. The van der Waals surface area contributed by atoms with Gasteiger partial charge in [0.25, 0.3) is 0 Å². The van der Waals surface area contributed by atoms with Crippen LogP contribution < -0.4 is 15.7 Å². The number of benzene rings is 1. The molecule has 25 heavy (non-hydrogen) atoms. The summed E-state index contributed by atoms with van der Waals surface area (Å²) in [5.74, 6) is 0. The zero-order valence-corrected chi connectivity index (χ0v) is 15.7. The number of thiophene rings is 1. The Bertz CT molecular complexity index is 782. The van der Waals surface area contributed by atoms with Crippen molar-refractivity contribution in [2.24, 2.45) is 5.73 Å². The second kappa shape index (κ2) is 6.83. The van der Waals surface area contributed by atoms with Gasteiger partial charge in [-0.15, -0.1) is 11.3 Å². The molecule has 0 saturated carbocycles. The Hall–Kier alpha value is -1.82. The second-order valence-corrected chi connectivity index (χ2v) is 7.97. The highest BCUT2D eigenvalue weighted by atomic mass is 32.1. The summed E-state index contributed by atoms with van der Waals surface area (Å²) < 4.78 is 0. The highest BCUT2D eigenvalue weighted by Gasteiger charge is 2.33. The molecule has 0 amide bonds. The lowest BCUT2D eigenvalue weighted by molar-refractivity contribution is 0.107. The Morgan fingerprint density at radius 3 is 2.84 bits per heavy atom. The summed E-state index contributed by atoms with van der Waals surface area (Å²) in [6.45, 7) is 0.596. The van der Waals surface area contributed by atoms with Crippen molar-refractivity contribution in [2.75, 3.05) is 24.1 Å². The minimum atomic E-state index is -0.0215. The fraction of sp³-hybridized carbons (Fsp3) is 0.400. The lowest BCUT2D eigenvalue weighted by atomic mass is 9.84. The smallest absolute Gasteiger partial charge is 0.110 e. The fourth-order valence-electron chi connectivity index (χ4n) is 3.74. The van der Waals surface area contributed by atoms with Crippen LogP contribution in [0.15, 0.2) is 47.0 Å². The lowest BCUT2D eigenvalue weighted by Crippen LogP contribution is -2.34. The number of allylic oxidation sites excluding steroid dienone is 1. The first-order valence-corrected chi connectivity index (χ1v) is 9.77.